The quantitative estimate of drug-likeness (QED) is 0.572. The van der Waals surface area contributed by atoms with E-state index < -0.39 is 10.0 Å². The molecule has 2 fully saturated rings. The third-order valence-corrected chi connectivity index (χ3v) is 9.19. The minimum Gasteiger partial charge on any atom is -0.377 e. The van der Waals surface area contributed by atoms with Crippen LogP contribution >= 0.6 is 11.8 Å². The van der Waals surface area contributed by atoms with Crippen molar-refractivity contribution >= 4 is 33.4 Å². The van der Waals surface area contributed by atoms with Gasteiger partial charge in [-0.15, -0.1) is 11.8 Å². The minimum absolute atomic E-state index is 0.200. The van der Waals surface area contributed by atoms with Gasteiger partial charge in [0.25, 0.3) is 5.91 Å². The van der Waals surface area contributed by atoms with Crippen molar-refractivity contribution in [2.75, 3.05) is 50.4 Å². The zero-order valence-corrected chi connectivity index (χ0v) is 20.5. The Bertz CT molecular complexity index is 1060. The first-order chi connectivity index (χ1) is 16.0. The van der Waals surface area contributed by atoms with Gasteiger partial charge in [0.1, 0.15) is 0 Å². The van der Waals surface area contributed by atoms with Gasteiger partial charge in [-0.25, -0.2) is 8.42 Å². The molecule has 2 aliphatic heterocycles. The number of hydrogen-bond donors (Lipinski definition) is 1. The van der Waals surface area contributed by atoms with E-state index in [1.165, 1.54) is 4.31 Å². The van der Waals surface area contributed by atoms with Gasteiger partial charge in [-0.2, -0.15) is 4.31 Å². The van der Waals surface area contributed by atoms with Crippen LogP contribution in [0.1, 0.15) is 30.1 Å². The van der Waals surface area contributed by atoms with Crippen LogP contribution in [0.25, 0.3) is 0 Å². The Morgan fingerprint density at radius 3 is 2.64 bits per heavy atom. The molecule has 1 amide bonds. The van der Waals surface area contributed by atoms with Crippen LogP contribution in [-0.2, 0) is 14.8 Å². The molecule has 2 saturated heterocycles. The predicted molar refractivity (Wildman–Crippen MR) is 131 cm³/mol. The topological polar surface area (TPSA) is 79.0 Å². The Labute approximate surface area is 200 Å². The van der Waals surface area contributed by atoms with Crippen LogP contribution in [-0.4, -0.2) is 74.7 Å². The molecule has 2 aromatic rings. The van der Waals surface area contributed by atoms with Crippen molar-refractivity contribution in [2.45, 2.75) is 35.7 Å². The average Bonchev–Trinajstić information content (AvgIpc) is 3.37. The van der Waals surface area contributed by atoms with Gasteiger partial charge in [0.15, 0.2) is 0 Å². The third kappa shape index (κ3) is 5.96. The molecule has 178 valence electrons. The summed E-state index contributed by atoms with van der Waals surface area (Å²) in [7, 11) is -3.61. The Morgan fingerprint density at radius 1 is 1.12 bits per heavy atom. The highest BCUT2D eigenvalue weighted by molar-refractivity contribution is 7.99. The van der Waals surface area contributed by atoms with Crippen molar-refractivity contribution in [1.29, 1.82) is 0 Å². The van der Waals surface area contributed by atoms with E-state index in [0.717, 1.165) is 49.7 Å². The first kappa shape index (κ1) is 24.2. The van der Waals surface area contributed by atoms with Crippen molar-refractivity contribution in [3.63, 3.8) is 0 Å². The number of rotatable bonds is 8. The van der Waals surface area contributed by atoms with Gasteiger partial charge in [-0.3, -0.25) is 4.79 Å². The minimum atomic E-state index is -3.61. The van der Waals surface area contributed by atoms with E-state index in [1.54, 1.807) is 42.1 Å². The number of likely N-dealkylation sites (N-methyl/N-ethyl adjacent to an activating group) is 1. The summed E-state index contributed by atoms with van der Waals surface area (Å²) in [5.41, 5.74) is 1.04. The first-order valence-corrected chi connectivity index (χ1v) is 13.9. The van der Waals surface area contributed by atoms with Crippen LogP contribution in [0.15, 0.2) is 58.3 Å². The SMILES string of the molecule is CCN1CCN(S(=O)(=O)c2cccc(NC(=O)c3ccccc3SCC3CCCO3)c2)CC1. The van der Waals surface area contributed by atoms with Crippen LogP contribution in [0.2, 0.25) is 0 Å². The second-order valence-corrected chi connectivity index (χ2v) is 11.3. The smallest absolute Gasteiger partial charge is 0.256 e. The Balaban J connectivity index is 1.45. The Morgan fingerprint density at radius 2 is 1.91 bits per heavy atom. The summed E-state index contributed by atoms with van der Waals surface area (Å²) in [5, 5.41) is 2.88. The maximum atomic E-state index is 13.1. The fourth-order valence-electron chi connectivity index (χ4n) is 4.11. The van der Waals surface area contributed by atoms with E-state index >= 15 is 0 Å². The molecule has 1 atom stereocenters. The number of piperazine rings is 1. The second-order valence-electron chi connectivity index (χ2n) is 8.26. The van der Waals surface area contributed by atoms with E-state index in [4.69, 9.17) is 4.74 Å². The summed E-state index contributed by atoms with van der Waals surface area (Å²) in [6.45, 7) is 6.21. The van der Waals surface area contributed by atoms with Gasteiger partial charge < -0.3 is 15.0 Å². The largest absolute Gasteiger partial charge is 0.377 e. The lowest BCUT2D eigenvalue weighted by atomic mass is 10.2. The first-order valence-electron chi connectivity index (χ1n) is 11.4. The van der Waals surface area contributed by atoms with Crippen molar-refractivity contribution in [2.24, 2.45) is 0 Å². The molecule has 0 radical (unpaired) electrons. The molecule has 7 nitrogen and oxygen atoms in total. The maximum absolute atomic E-state index is 13.1. The summed E-state index contributed by atoms with van der Waals surface area (Å²) in [6, 6.07) is 14.0. The molecule has 1 unspecified atom stereocenters. The summed E-state index contributed by atoms with van der Waals surface area (Å²) in [4.78, 5) is 16.4. The average molecular weight is 490 g/mol. The standard InChI is InChI=1S/C24H31N3O4S2/c1-2-26-12-14-27(15-13-26)33(29,30)21-9-5-7-19(17-21)25-24(28)22-10-3-4-11-23(22)32-18-20-8-6-16-31-20/h3-5,7,9-11,17,20H,2,6,8,12-16,18H2,1H3,(H,25,28). The second kappa shape index (κ2) is 11.0. The van der Waals surface area contributed by atoms with Crippen LogP contribution in [0.5, 0.6) is 0 Å². The number of carbonyl (C=O) groups is 1. The number of anilines is 1. The highest BCUT2D eigenvalue weighted by Gasteiger charge is 2.28. The molecular formula is C24H31N3O4S2. The van der Waals surface area contributed by atoms with Crippen LogP contribution in [0, 0.1) is 0 Å². The fraction of sp³-hybridized carbons (Fsp3) is 0.458. The lowest BCUT2D eigenvalue weighted by Gasteiger charge is -2.33. The van der Waals surface area contributed by atoms with Gasteiger partial charge in [0.2, 0.25) is 10.0 Å². The summed E-state index contributed by atoms with van der Waals surface area (Å²) in [6.07, 6.45) is 2.36. The van der Waals surface area contributed by atoms with Gasteiger partial charge in [-0.05, 0) is 49.7 Å². The van der Waals surface area contributed by atoms with Crippen molar-refractivity contribution in [3.8, 4) is 0 Å². The van der Waals surface area contributed by atoms with E-state index in [2.05, 4.69) is 17.1 Å². The molecule has 0 bridgehead atoms. The molecule has 4 rings (SSSR count). The van der Waals surface area contributed by atoms with Gasteiger partial charge >= 0.3 is 0 Å². The monoisotopic (exact) mass is 489 g/mol. The lowest BCUT2D eigenvalue weighted by Crippen LogP contribution is -2.48. The summed E-state index contributed by atoms with van der Waals surface area (Å²) in [5.74, 6) is 0.556. The number of sulfonamides is 1. The highest BCUT2D eigenvalue weighted by Crippen LogP contribution is 2.28. The number of carbonyl (C=O) groups excluding carboxylic acids is 1. The predicted octanol–water partition coefficient (Wildman–Crippen LogP) is 3.54. The van der Waals surface area contributed by atoms with E-state index in [1.807, 2.05) is 18.2 Å². The zero-order chi connectivity index (χ0) is 23.3. The molecule has 0 aliphatic carbocycles. The highest BCUT2D eigenvalue weighted by atomic mass is 32.2. The number of nitrogens with zero attached hydrogens (tertiary/aromatic N) is 2. The molecular weight excluding hydrogens is 458 g/mol. The molecule has 2 heterocycles. The third-order valence-electron chi connectivity index (χ3n) is 6.09. The number of thioether (sulfide) groups is 1. The molecule has 2 aromatic carbocycles. The number of ether oxygens (including phenoxy) is 1. The molecule has 0 saturated carbocycles. The normalized spacial score (nSPS) is 20.1. The Hall–Kier alpha value is -1.91. The molecule has 33 heavy (non-hydrogen) atoms. The van der Waals surface area contributed by atoms with E-state index in [0.29, 0.717) is 24.3 Å². The Kier molecular flexibility index (Phi) is 8.08. The van der Waals surface area contributed by atoms with Crippen LogP contribution in [0.4, 0.5) is 5.69 Å². The number of amides is 1. The van der Waals surface area contributed by atoms with Crippen LogP contribution < -0.4 is 5.32 Å². The van der Waals surface area contributed by atoms with Gasteiger partial charge in [-0.1, -0.05) is 25.1 Å². The van der Waals surface area contributed by atoms with Crippen molar-refractivity contribution < 1.29 is 17.9 Å². The molecule has 0 aromatic heterocycles. The van der Waals surface area contributed by atoms with E-state index in [9.17, 15) is 13.2 Å². The summed E-state index contributed by atoms with van der Waals surface area (Å²) >= 11 is 1.62. The lowest BCUT2D eigenvalue weighted by molar-refractivity contribution is 0.102. The zero-order valence-electron chi connectivity index (χ0n) is 18.9. The van der Waals surface area contributed by atoms with Gasteiger partial charge in [0, 0.05) is 49.1 Å². The number of benzene rings is 2. The molecule has 9 heteroatoms. The van der Waals surface area contributed by atoms with E-state index in [-0.39, 0.29) is 16.9 Å². The number of hydrogen-bond acceptors (Lipinski definition) is 6. The number of nitrogens with one attached hydrogen (secondary N) is 1. The van der Waals surface area contributed by atoms with Crippen molar-refractivity contribution in [3.05, 3.63) is 54.1 Å². The van der Waals surface area contributed by atoms with Crippen LogP contribution in [0.3, 0.4) is 0 Å². The summed E-state index contributed by atoms with van der Waals surface area (Å²) < 4.78 is 33.5. The molecule has 2 aliphatic rings. The maximum Gasteiger partial charge on any atom is 0.256 e. The fourth-order valence-corrected chi connectivity index (χ4v) is 6.69. The van der Waals surface area contributed by atoms with Gasteiger partial charge in [0.05, 0.1) is 16.6 Å². The molecule has 0 spiro atoms. The van der Waals surface area contributed by atoms with Crippen molar-refractivity contribution in [1.82, 2.24) is 9.21 Å². The molecule has 1 N–H and O–H groups in total.